The van der Waals surface area contributed by atoms with Crippen molar-refractivity contribution >= 4 is 10.9 Å². The molecule has 0 aliphatic rings. The molecule has 0 saturated carbocycles. The van der Waals surface area contributed by atoms with Crippen LogP contribution in [0.4, 0.5) is 0 Å². The Morgan fingerprint density at radius 1 is 1.13 bits per heavy atom. The lowest BCUT2D eigenvalue weighted by molar-refractivity contribution is -0.678. The normalized spacial score (nSPS) is 12.9. The predicted molar refractivity (Wildman–Crippen MR) is 57.2 cm³/mol. The Kier molecular flexibility index (Phi) is 2.94. The molecule has 0 bridgehead atoms. The maximum Gasteiger partial charge on any atom is 0.212 e. The summed E-state index contributed by atoms with van der Waals surface area (Å²) in [6.45, 7) is 0.202. The highest BCUT2D eigenvalue weighted by atomic mass is 16.3. The Bertz CT molecular complexity index is 451. The zero-order valence-corrected chi connectivity index (χ0v) is 8.37. The first-order valence-corrected chi connectivity index (χ1v) is 4.97. The zero-order chi connectivity index (χ0) is 10.7. The van der Waals surface area contributed by atoms with Crippen LogP contribution in [0.5, 0.6) is 0 Å². The number of benzene rings is 1. The quantitative estimate of drug-likeness (QED) is 0.714. The van der Waals surface area contributed by atoms with Gasteiger partial charge in [-0.25, -0.2) is 0 Å². The van der Waals surface area contributed by atoms with E-state index >= 15 is 0 Å². The molecule has 3 heteroatoms. The summed E-state index contributed by atoms with van der Waals surface area (Å²) in [5.74, 6) is 0. The first-order valence-electron chi connectivity index (χ1n) is 4.97. The molecule has 1 heterocycles. The lowest BCUT2D eigenvalue weighted by Crippen LogP contribution is -2.41. The van der Waals surface area contributed by atoms with Gasteiger partial charge in [-0.2, -0.15) is 4.57 Å². The SMILES string of the molecule is OC[C@@H](O)C[n+]1cccc2ccccc21. The summed E-state index contributed by atoms with van der Waals surface area (Å²) >= 11 is 0. The van der Waals surface area contributed by atoms with Crippen LogP contribution in [0, 0.1) is 0 Å². The van der Waals surface area contributed by atoms with Gasteiger partial charge in [0.2, 0.25) is 5.52 Å². The molecule has 3 nitrogen and oxygen atoms in total. The second-order valence-corrected chi connectivity index (χ2v) is 3.56. The van der Waals surface area contributed by atoms with Gasteiger partial charge >= 0.3 is 0 Å². The number of fused-ring (bicyclic) bond motifs is 1. The maximum absolute atomic E-state index is 9.40. The van der Waals surface area contributed by atoms with Gasteiger partial charge in [0.1, 0.15) is 6.10 Å². The Morgan fingerprint density at radius 3 is 2.67 bits per heavy atom. The van der Waals surface area contributed by atoms with E-state index in [0.717, 1.165) is 10.9 Å². The number of para-hydroxylation sites is 1. The summed E-state index contributed by atoms with van der Waals surface area (Å²) in [5, 5.41) is 19.3. The monoisotopic (exact) mass is 204 g/mol. The predicted octanol–water partition coefficient (Wildman–Crippen LogP) is 0.480. The van der Waals surface area contributed by atoms with Crippen LogP contribution < -0.4 is 4.57 Å². The average molecular weight is 204 g/mol. The van der Waals surface area contributed by atoms with Gasteiger partial charge in [-0.15, -0.1) is 0 Å². The minimum atomic E-state index is -0.708. The number of rotatable bonds is 3. The largest absolute Gasteiger partial charge is 0.393 e. The smallest absolute Gasteiger partial charge is 0.212 e. The number of hydrogen-bond donors (Lipinski definition) is 2. The summed E-state index contributed by atoms with van der Waals surface area (Å²) in [4.78, 5) is 0. The van der Waals surface area contributed by atoms with Gasteiger partial charge in [0.15, 0.2) is 12.7 Å². The molecule has 1 aromatic heterocycles. The molecule has 78 valence electrons. The third kappa shape index (κ3) is 2.14. The van der Waals surface area contributed by atoms with Crippen LogP contribution in [0.15, 0.2) is 42.6 Å². The fraction of sp³-hybridized carbons (Fsp3) is 0.250. The Balaban J connectivity index is 2.42. The minimum Gasteiger partial charge on any atom is -0.393 e. The molecule has 0 amide bonds. The van der Waals surface area contributed by atoms with Crippen molar-refractivity contribution in [3.05, 3.63) is 42.6 Å². The molecule has 15 heavy (non-hydrogen) atoms. The zero-order valence-electron chi connectivity index (χ0n) is 8.37. The van der Waals surface area contributed by atoms with E-state index in [2.05, 4.69) is 0 Å². The number of aliphatic hydroxyl groups is 2. The molecule has 0 saturated heterocycles. The summed E-state index contributed by atoms with van der Waals surface area (Å²) in [6.07, 6.45) is 1.20. The van der Waals surface area contributed by atoms with Crippen molar-refractivity contribution in [1.82, 2.24) is 0 Å². The highest BCUT2D eigenvalue weighted by Crippen LogP contribution is 2.07. The van der Waals surface area contributed by atoms with Crippen molar-refractivity contribution in [2.24, 2.45) is 0 Å². The second kappa shape index (κ2) is 4.38. The van der Waals surface area contributed by atoms with Gasteiger partial charge in [0, 0.05) is 17.5 Å². The van der Waals surface area contributed by atoms with Crippen LogP contribution in [-0.2, 0) is 6.54 Å². The van der Waals surface area contributed by atoms with Gasteiger partial charge in [0.05, 0.1) is 6.61 Å². The maximum atomic E-state index is 9.40. The standard InChI is InChI=1S/C12H14NO2/c14-9-11(15)8-13-7-3-5-10-4-1-2-6-12(10)13/h1-7,11,14-15H,8-9H2/q+1/t11-/m0/s1. The third-order valence-corrected chi connectivity index (χ3v) is 2.41. The van der Waals surface area contributed by atoms with E-state index in [9.17, 15) is 5.11 Å². The van der Waals surface area contributed by atoms with Crippen LogP contribution in [0.2, 0.25) is 0 Å². The van der Waals surface area contributed by atoms with Crippen LogP contribution in [0.25, 0.3) is 10.9 Å². The van der Waals surface area contributed by atoms with Gasteiger partial charge < -0.3 is 10.2 Å². The summed E-state index contributed by atoms with van der Waals surface area (Å²) in [7, 11) is 0. The van der Waals surface area contributed by atoms with Gasteiger partial charge in [0.25, 0.3) is 0 Å². The average Bonchev–Trinajstić information content (AvgIpc) is 2.29. The van der Waals surface area contributed by atoms with Gasteiger partial charge in [-0.3, -0.25) is 0 Å². The van der Waals surface area contributed by atoms with E-state index < -0.39 is 6.10 Å². The molecule has 0 aliphatic carbocycles. The van der Waals surface area contributed by atoms with Crippen molar-refractivity contribution in [2.45, 2.75) is 12.6 Å². The molecule has 1 aromatic carbocycles. The van der Waals surface area contributed by atoms with Crippen LogP contribution in [-0.4, -0.2) is 22.9 Å². The third-order valence-electron chi connectivity index (χ3n) is 2.41. The van der Waals surface area contributed by atoms with Crippen molar-refractivity contribution in [2.75, 3.05) is 6.61 Å². The molecule has 0 unspecified atom stereocenters. The molecular formula is C12H14NO2+. The number of hydrogen-bond acceptors (Lipinski definition) is 2. The molecular weight excluding hydrogens is 190 g/mol. The van der Waals surface area contributed by atoms with Gasteiger partial charge in [-0.05, 0) is 12.1 Å². The molecule has 1 atom stereocenters. The highest BCUT2D eigenvalue weighted by molar-refractivity contribution is 5.74. The molecule has 0 aliphatic heterocycles. The van der Waals surface area contributed by atoms with Gasteiger partial charge in [-0.1, -0.05) is 12.1 Å². The summed E-state index contributed by atoms with van der Waals surface area (Å²) < 4.78 is 1.94. The lowest BCUT2D eigenvalue weighted by Gasteiger charge is -2.04. The molecule has 0 fully saturated rings. The Labute approximate surface area is 88.2 Å². The molecule has 2 aromatic rings. The number of aliphatic hydroxyl groups excluding tert-OH is 2. The Hall–Kier alpha value is -1.45. The highest BCUT2D eigenvalue weighted by Gasteiger charge is 2.12. The van der Waals surface area contributed by atoms with Crippen molar-refractivity contribution < 1.29 is 14.8 Å². The topological polar surface area (TPSA) is 44.3 Å². The fourth-order valence-electron chi connectivity index (χ4n) is 1.66. The van der Waals surface area contributed by atoms with E-state index in [4.69, 9.17) is 5.11 Å². The van der Waals surface area contributed by atoms with E-state index in [-0.39, 0.29) is 6.61 Å². The molecule has 0 spiro atoms. The van der Waals surface area contributed by atoms with Crippen molar-refractivity contribution in [1.29, 1.82) is 0 Å². The van der Waals surface area contributed by atoms with E-state index in [1.165, 1.54) is 0 Å². The van der Waals surface area contributed by atoms with Crippen LogP contribution >= 0.6 is 0 Å². The van der Waals surface area contributed by atoms with Crippen molar-refractivity contribution in [3.63, 3.8) is 0 Å². The molecule has 0 radical (unpaired) electrons. The first kappa shape index (κ1) is 10.1. The summed E-state index contributed by atoms with van der Waals surface area (Å²) in [6, 6.07) is 11.9. The first-order chi connectivity index (χ1) is 7.31. The second-order valence-electron chi connectivity index (χ2n) is 3.56. The Morgan fingerprint density at radius 2 is 1.87 bits per heavy atom. The van der Waals surface area contributed by atoms with Crippen LogP contribution in [0.3, 0.4) is 0 Å². The number of aromatic nitrogens is 1. The lowest BCUT2D eigenvalue weighted by atomic mass is 10.2. The van der Waals surface area contributed by atoms with E-state index in [1.807, 2.05) is 47.2 Å². The molecule has 2 N–H and O–H groups in total. The van der Waals surface area contributed by atoms with E-state index in [1.54, 1.807) is 0 Å². The minimum absolute atomic E-state index is 0.212. The number of pyridine rings is 1. The summed E-state index contributed by atoms with van der Waals surface area (Å²) in [5.41, 5.74) is 1.06. The van der Waals surface area contributed by atoms with Crippen molar-refractivity contribution in [3.8, 4) is 0 Å². The van der Waals surface area contributed by atoms with E-state index in [0.29, 0.717) is 6.54 Å². The van der Waals surface area contributed by atoms with Crippen LogP contribution in [0.1, 0.15) is 0 Å². The molecule has 2 rings (SSSR count). The number of nitrogens with zero attached hydrogens (tertiary/aromatic N) is 1. The fourth-order valence-corrected chi connectivity index (χ4v) is 1.66.